The van der Waals surface area contributed by atoms with E-state index >= 15 is 0 Å². The third-order valence-electron chi connectivity index (χ3n) is 12.9. The van der Waals surface area contributed by atoms with Gasteiger partial charge in [0.2, 0.25) is 0 Å². The Bertz CT molecular complexity index is 3310. The number of para-hydroxylation sites is 2. The monoisotopic (exact) mass is 832 g/mol. The van der Waals surface area contributed by atoms with Crippen molar-refractivity contribution in [2.75, 3.05) is 9.80 Å². The van der Waals surface area contributed by atoms with Crippen LogP contribution >= 0.6 is 0 Å². The van der Waals surface area contributed by atoms with Crippen LogP contribution < -0.4 is 9.80 Å². The standard InChI is InChI=1S/C63H48N2/c1-45-42-60(40-41-61(45)56-27-25-49-19-9-11-21-54(49)44-56)65(59-36-30-51(31-37-59)47-16-6-3-7-17-47)63-23-13-12-22-62(63)64(57-34-28-50(29-35-57)46-14-4-2-5-15-46)58-38-32-52(33-39-58)55-26-24-48-18-8-10-20-53(48)43-55/h2-45,61H,1H3. The van der Waals surface area contributed by atoms with Crippen LogP contribution in [-0.2, 0) is 0 Å². The molecule has 2 heteroatoms. The van der Waals surface area contributed by atoms with E-state index in [0.29, 0.717) is 0 Å². The van der Waals surface area contributed by atoms with Crippen molar-refractivity contribution in [3.05, 3.63) is 272 Å². The molecule has 0 amide bonds. The highest BCUT2D eigenvalue weighted by molar-refractivity contribution is 5.92. The second kappa shape index (κ2) is 17.5. The van der Waals surface area contributed by atoms with Crippen LogP contribution in [-0.4, -0.2) is 0 Å². The summed E-state index contributed by atoms with van der Waals surface area (Å²) in [5.41, 5.74) is 15.0. The zero-order chi connectivity index (χ0) is 43.5. The van der Waals surface area contributed by atoms with Gasteiger partial charge in [-0.05, 0) is 127 Å². The number of allylic oxidation sites excluding steroid dienone is 3. The molecule has 2 atom stereocenters. The summed E-state index contributed by atoms with van der Waals surface area (Å²) in [5.74, 6) is 0.500. The number of hydrogen-bond acceptors (Lipinski definition) is 2. The Kier molecular flexibility index (Phi) is 10.7. The molecule has 0 saturated heterocycles. The van der Waals surface area contributed by atoms with Crippen LogP contribution in [0.5, 0.6) is 0 Å². The van der Waals surface area contributed by atoms with E-state index in [9.17, 15) is 0 Å². The fourth-order valence-electron chi connectivity index (χ4n) is 9.52. The molecular formula is C63H48N2. The van der Waals surface area contributed by atoms with Gasteiger partial charge in [0.25, 0.3) is 0 Å². The zero-order valence-electron chi connectivity index (χ0n) is 36.4. The molecule has 2 unspecified atom stereocenters. The van der Waals surface area contributed by atoms with Gasteiger partial charge in [0.05, 0.1) is 11.4 Å². The minimum absolute atomic E-state index is 0.249. The van der Waals surface area contributed by atoms with Crippen molar-refractivity contribution in [1.82, 2.24) is 0 Å². The molecule has 0 heterocycles. The molecule has 0 spiro atoms. The molecule has 310 valence electrons. The molecule has 11 rings (SSSR count). The van der Waals surface area contributed by atoms with Crippen molar-refractivity contribution in [3.63, 3.8) is 0 Å². The van der Waals surface area contributed by atoms with Gasteiger partial charge in [-0.3, -0.25) is 0 Å². The molecule has 0 saturated carbocycles. The maximum absolute atomic E-state index is 2.46. The second-order valence-corrected chi connectivity index (χ2v) is 17.0. The second-order valence-electron chi connectivity index (χ2n) is 17.0. The van der Waals surface area contributed by atoms with Crippen LogP contribution in [0.4, 0.5) is 28.4 Å². The first-order valence-electron chi connectivity index (χ1n) is 22.6. The van der Waals surface area contributed by atoms with Gasteiger partial charge in [-0.1, -0.05) is 207 Å². The lowest BCUT2D eigenvalue weighted by Gasteiger charge is -2.35. The van der Waals surface area contributed by atoms with E-state index in [2.05, 4.69) is 278 Å². The van der Waals surface area contributed by atoms with E-state index in [4.69, 9.17) is 0 Å². The molecule has 0 aromatic heterocycles. The number of nitrogens with zero attached hydrogens (tertiary/aromatic N) is 2. The first-order valence-corrected chi connectivity index (χ1v) is 22.6. The molecule has 2 nitrogen and oxygen atoms in total. The molecular weight excluding hydrogens is 785 g/mol. The van der Waals surface area contributed by atoms with Crippen LogP contribution in [0.15, 0.2) is 267 Å². The van der Waals surface area contributed by atoms with Crippen molar-refractivity contribution in [2.45, 2.75) is 12.8 Å². The van der Waals surface area contributed by atoms with Gasteiger partial charge in [-0.15, -0.1) is 0 Å². The summed E-state index contributed by atoms with van der Waals surface area (Å²) in [7, 11) is 0. The zero-order valence-corrected chi connectivity index (χ0v) is 36.4. The van der Waals surface area contributed by atoms with Gasteiger partial charge in [-0.2, -0.15) is 0 Å². The third-order valence-corrected chi connectivity index (χ3v) is 12.9. The number of fused-ring (bicyclic) bond motifs is 2. The first kappa shape index (κ1) is 39.6. The average molecular weight is 833 g/mol. The number of rotatable bonds is 10. The van der Waals surface area contributed by atoms with Crippen LogP contribution in [0.2, 0.25) is 0 Å². The highest BCUT2D eigenvalue weighted by atomic mass is 15.2. The Hall–Kier alpha value is -8.20. The predicted molar refractivity (Wildman–Crippen MR) is 277 cm³/mol. The van der Waals surface area contributed by atoms with Crippen molar-refractivity contribution >= 4 is 50.0 Å². The van der Waals surface area contributed by atoms with Gasteiger partial charge in [-0.25, -0.2) is 0 Å². The van der Waals surface area contributed by atoms with Crippen molar-refractivity contribution in [1.29, 1.82) is 0 Å². The van der Waals surface area contributed by atoms with Gasteiger partial charge < -0.3 is 9.80 Å². The highest BCUT2D eigenvalue weighted by Crippen LogP contribution is 2.47. The Morgan fingerprint density at radius 3 is 1.26 bits per heavy atom. The smallest absolute Gasteiger partial charge is 0.0702 e. The summed E-state index contributed by atoms with van der Waals surface area (Å²) in [4.78, 5) is 4.86. The SMILES string of the molecule is CC1C=C(N(c2ccc(-c3ccccc3)cc2)c2ccccc2N(c2ccc(-c3ccccc3)cc2)c2ccc(-c3ccc4ccccc4c3)cc2)C=CC1c1ccc2ccccc2c1. The summed E-state index contributed by atoms with van der Waals surface area (Å²) >= 11 is 0. The lowest BCUT2D eigenvalue weighted by molar-refractivity contribution is 0.629. The minimum Gasteiger partial charge on any atom is -0.309 e. The first-order chi connectivity index (χ1) is 32.1. The molecule has 10 aromatic carbocycles. The summed E-state index contributed by atoms with van der Waals surface area (Å²) in [6.45, 7) is 2.35. The van der Waals surface area contributed by atoms with Gasteiger partial charge >= 0.3 is 0 Å². The highest BCUT2D eigenvalue weighted by Gasteiger charge is 2.27. The van der Waals surface area contributed by atoms with E-state index in [0.717, 1.165) is 34.1 Å². The molecule has 1 aliphatic rings. The molecule has 10 aromatic rings. The largest absolute Gasteiger partial charge is 0.309 e. The third kappa shape index (κ3) is 8.03. The van der Waals surface area contributed by atoms with Crippen LogP contribution in [0.25, 0.3) is 54.9 Å². The van der Waals surface area contributed by atoms with E-state index < -0.39 is 0 Å². The predicted octanol–water partition coefficient (Wildman–Crippen LogP) is 17.5. The quantitative estimate of drug-likeness (QED) is 0.135. The van der Waals surface area contributed by atoms with Crippen molar-refractivity contribution in [3.8, 4) is 33.4 Å². The van der Waals surface area contributed by atoms with Gasteiger partial charge in [0, 0.05) is 28.7 Å². The van der Waals surface area contributed by atoms with Crippen molar-refractivity contribution in [2.24, 2.45) is 5.92 Å². The topological polar surface area (TPSA) is 6.48 Å². The summed E-state index contributed by atoms with van der Waals surface area (Å²) in [5, 5.41) is 5.03. The van der Waals surface area contributed by atoms with E-state index in [1.54, 1.807) is 0 Å². The fourth-order valence-corrected chi connectivity index (χ4v) is 9.52. The summed E-state index contributed by atoms with van der Waals surface area (Å²) in [6.07, 6.45) is 7.20. The van der Waals surface area contributed by atoms with E-state index in [1.165, 1.54) is 60.5 Å². The number of hydrogen-bond donors (Lipinski definition) is 0. The van der Waals surface area contributed by atoms with Crippen molar-refractivity contribution < 1.29 is 0 Å². The Morgan fingerprint density at radius 1 is 0.323 bits per heavy atom. The molecule has 0 bridgehead atoms. The maximum atomic E-state index is 2.46. The van der Waals surface area contributed by atoms with E-state index in [1.807, 2.05) is 0 Å². The normalized spacial score (nSPS) is 14.6. The van der Waals surface area contributed by atoms with Crippen LogP contribution in [0.3, 0.4) is 0 Å². The lowest BCUT2D eigenvalue weighted by atomic mass is 9.82. The summed E-state index contributed by atoms with van der Waals surface area (Å²) in [6, 6.07) is 88.0. The molecule has 1 aliphatic carbocycles. The Balaban J connectivity index is 1.03. The number of benzene rings is 10. The van der Waals surface area contributed by atoms with E-state index in [-0.39, 0.29) is 11.8 Å². The molecule has 0 fully saturated rings. The van der Waals surface area contributed by atoms with Gasteiger partial charge in [0.1, 0.15) is 0 Å². The maximum Gasteiger partial charge on any atom is 0.0702 e. The van der Waals surface area contributed by atoms with Crippen LogP contribution in [0.1, 0.15) is 18.4 Å². The summed E-state index contributed by atoms with van der Waals surface area (Å²) < 4.78 is 0. The Labute approximate surface area is 382 Å². The van der Waals surface area contributed by atoms with Gasteiger partial charge in [0.15, 0.2) is 0 Å². The molecule has 65 heavy (non-hydrogen) atoms. The number of anilines is 5. The lowest BCUT2D eigenvalue weighted by Crippen LogP contribution is -2.22. The van der Waals surface area contributed by atoms with Crippen LogP contribution in [0, 0.1) is 5.92 Å². The fraction of sp³-hybridized carbons (Fsp3) is 0.0476. The Morgan fingerprint density at radius 2 is 0.723 bits per heavy atom. The average Bonchev–Trinajstić information content (AvgIpc) is 3.38. The molecule has 0 N–H and O–H groups in total. The molecule has 0 aliphatic heterocycles. The molecule has 0 radical (unpaired) electrons. The minimum atomic E-state index is 0.249.